The monoisotopic (exact) mass is 542 g/mol. The van der Waals surface area contributed by atoms with Crippen LogP contribution in [0.15, 0.2) is 48.5 Å². The molecule has 3 aromatic rings. The minimum absolute atomic E-state index is 0.0370. The molecule has 0 spiro atoms. The van der Waals surface area contributed by atoms with Crippen molar-refractivity contribution in [1.29, 1.82) is 0 Å². The van der Waals surface area contributed by atoms with Crippen molar-refractivity contribution in [2.45, 2.75) is 31.5 Å². The van der Waals surface area contributed by atoms with Crippen LogP contribution in [0.3, 0.4) is 0 Å². The Morgan fingerprint density at radius 3 is 2.26 bits per heavy atom. The van der Waals surface area contributed by atoms with E-state index in [1.165, 1.54) is 41.3 Å². The van der Waals surface area contributed by atoms with Gasteiger partial charge in [-0.2, -0.15) is 31.4 Å². The third kappa shape index (κ3) is 5.44. The van der Waals surface area contributed by atoms with Crippen molar-refractivity contribution in [2.75, 3.05) is 18.1 Å². The smallest absolute Gasteiger partial charge is 0.436 e. The maximum Gasteiger partial charge on any atom is 0.436 e. The summed E-state index contributed by atoms with van der Waals surface area (Å²) >= 11 is 0. The number of fused-ring (bicyclic) bond motifs is 1. The van der Waals surface area contributed by atoms with Gasteiger partial charge in [0.2, 0.25) is 0 Å². The van der Waals surface area contributed by atoms with E-state index in [1.54, 1.807) is 0 Å². The number of carbonyl (C=O) groups excluding carboxylic acids is 1. The molecule has 8 nitrogen and oxygen atoms in total. The molecule has 0 unspecified atom stereocenters. The summed E-state index contributed by atoms with van der Waals surface area (Å²) in [5.74, 6) is -2.65. The molecule has 1 atom stereocenters. The molecular weight excluding hydrogens is 522 g/mol. The molecule has 0 saturated carbocycles. The number of hydrogen-bond acceptors (Lipinski definition) is 5. The second-order valence-electron chi connectivity index (χ2n) is 8.52. The zero-order valence-electron chi connectivity index (χ0n) is 19.3. The molecule has 3 N–H and O–H groups in total. The van der Waals surface area contributed by atoms with Gasteiger partial charge in [-0.3, -0.25) is 4.79 Å². The third-order valence-electron chi connectivity index (χ3n) is 5.98. The molecule has 0 saturated heterocycles. The van der Waals surface area contributed by atoms with Crippen LogP contribution < -0.4 is 10.2 Å². The van der Waals surface area contributed by atoms with E-state index in [0.29, 0.717) is 0 Å². The van der Waals surface area contributed by atoms with Crippen LogP contribution in [0.1, 0.15) is 49.1 Å². The Morgan fingerprint density at radius 1 is 1.00 bits per heavy atom. The summed E-state index contributed by atoms with van der Waals surface area (Å²) < 4.78 is 81.9. The van der Waals surface area contributed by atoms with Gasteiger partial charge in [0.15, 0.2) is 5.69 Å². The minimum Gasteiger partial charge on any atom is -0.478 e. The molecule has 0 aliphatic carbocycles. The van der Waals surface area contributed by atoms with Crippen molar-refractivity contribution < 1.29 is 46.1 Å². The molecule has 4 rings (SSSR count). The summed E-state index contributed by atoms with van der Waals surface area (Å²) in [6, 6.07) is 8.17. The number of hydrogen-bond donors (Lipinski definition) is 3. The Kier molecular flexibility index (Phi) is 7.10. The van der Waals surface area contributed by atoms with Crippen LogP contribution in [-0.4, -0.2) is 45.0 Å². The fourth-order valence-electron chi connectivity index (χ4n) is 4.20. The summed E-state index contributed by atoms with van der Waals surface area (Å²) in [6.45, 7) is -0.869. The van der Waals surface area contributed by atoms with E-state index < -0.39 is 53.7 Å². The maximum absolute atomic E-state index is 13.9. The third-order valence-corrected chi connectivity index (χ3v) is 5.98. The molecule has 202 valence electrons. The number of halogens is 6. The second-order valence-corrected chi connectivity index (χ2v) is 8.52. The normalized spacial score (nSPS) is 14.3. The SMILES string of the molecule is O=C(O)c1ccc([C@H](CO)NC(=O)c2c(C(F)(F)F)nn3c2N(Cc2cccc(C(F)(F)F)c2)CC3)cc1. The van der Waals surface area contributed by atoms with Crippen LogP contribution in [0.5, 0.6) is 0 Å². The van der Waals surface area contributed by atoms with E-state index in [9.17, 15) is 41.0 Å². The minimum atomic E-state index is -5.02. The highest BCUT2D eigenvalue weighted by Gasteiger charge is 2.44. The first kappa shape index (κ1) is 27.0. The Labute approximate surface area is 211 Å². The quantitative estimate of drug-likeness (QED) is 0.388. The molecule has 1 amide bonds. The first-order valence-corrected chi connectivity index (χ1v) is 11.1. The van der Waals surface area contributed by atoms with Crippen molar-refractivity contribution in [2.24, 2.45) is 0 Å². The lowest BCUT2D eigenvalue weighted by Gasteiger charge is -2.22. The van der Waals surface area contributed by atoms with Gasteiger partial charge in [-0.1, -0.05) is 24.3 Å². The highest BCUT2D eigenvalue weighted by molar-refractivity contribution is 6.01. The van der Waals surface area contributed by atoms with Crippen molar-refractivity contribution in [3.05, 3.63) is 82.0 Å². The summed E-state index contributed by atoms with van der Waals surface area (Å²) in [5, 5.41) is 24.7. The largest absolute Gasteiger partial charge is 0.478 e. The van der Waals surface area contributed by atoms with Crippen molar-refractivity contribution in [3.63, 3.8) is 0 Å². The number of carboxylic acids is 1. The molecule has 14 heteroatoms. The number of nitrogens with one attached hydrogen (secondary N) is 1. The number of aromatic carboxylic acids is 1. The number of carbonyl (C=O) groups is 2. The van der Waals surface area contributed by atoms with Crippen molar-refractivity contribution in [3.8, 4) is 0 Å². The number of nitrogens with zero attached hydrogens (tertiary/aromatic N) is 3. The van der Waals surface area contributed by atoms with Crippen LogP contribution in [0.4, 0.5) is 32.2 Å². The lowest BCUT2D eigenvalue weighted by Crippen LogP contribution is -2.33. The number of alkyl halides is 6. The van der Waals surface area contributed by atoms with Crippen LogP contribution in [-0.2, 0) is 25.4 Å². The predicted molar refractivity (Wildman–Crippen MR) is 120 cm³/mol. The first-order chi connectivity index (χ1) is 17.8. The van der Waals surface area contributed by atoms with Gasteiger partial charge in [0.25, 0.3) is 5.91 Å². The summed E-state index contributed by atoms with van der Waals surface area (Å²) in [4.78, 5) is 25.6. The van der Waals surface area contributed by atoms with E-state index >= 15 is 0 Å². The highest BCUT2D eigenvalue weighted by atomic mass is 19.4. The van der Waals surface area contributed by atoms with Gasteiger partial charge in [0.1, 0.15) is 11.4 Å². The Hall–Kier alpha value is -4.07. The van der Waals surface area contributed by atoms with E-state index in [2.05, 4.69) is 10.4 Å². The van der Waals surface area contributed by atoms with E-state index in [1.807, 2.05) is 0 Å². The number of amides is 1. The molecule has 0 fully saturated rings. The van der Waals surface area contributed by atoms with E-state index in [-0.39, 0.29) is 42.1 Å². The summed E-state index contributed by atoms with van der Waals surface area (Å²) in [5.41, 5.74) is -2.89. The van der Waals surface area contributed by atoms with Gasteiger partial charge < -0.3 is 20.4 Å². The zero-order chi connectivity index (χ0) is 27.8. The standard InChI is InChI=1S/C24H20F6N4O4/c25-23(26,27)16-3-1-2-13(10-16)11-33-8-9-34-21(33)18(19(32-34)24(28,29)30)20(36)31-17(12-35)14-4-6-15(7-5-14)22(37)38/h1-7,10,17,35H,8-9,11-12H2,(H,31,36)(H,37,38)/t17-/m0/s1. The predicted octanol–water partition coefficient (Wildman–Crippen LogP) is 4.10. The van der Waals surface area contributed by atoms with E-state index in [4.69, 9.17) is 5.11 Å². The molecule has 1 aliphatic rings. The molecule has 2 heterocycles. The Bertz CT molecular complexity index is 1350. The van der Waals surface area contributed by atoms with Gasteiger partial charge in [0.05, 0.1) is 30.3 Å². The maximum atomic E-state index is 13.9. The van der Waals surface area contributed by atoms with Gasteiger partial charge in [-0.15, -0.1) is 0 Å². The molecule has 2 aromatic carbocycles. The zero-order valence-corrected chi connectivity index (χ0v) is 19.3. The van der Waals surface area contributed by atoms with Crippen LogP contribution in [0, 0.1) is 0 Å². The van der Waals surface area contributed by atoms with Gasteiger partial charge in [-0.05, 0) is 35.4 Å². The lowest BCUT2D eigenvalue weighted by atomic mass is 10.0. The highest BCUT2D eigenvalue weighted by Crippen LogP contribution is 2.39. The molecule has 38 heavy (non-hydrogen) atoms. The average Bonchev–Trinajstić information content (AvgIpc) is 3.42. The Morgan fingerprint density at radius 2 is 1.68 bits per heavy atom. The fourth-order valence-corrected chi connectivity index (χ4v) is 4.20. The second kappa shape index (κ2) is 10.0. The number of benzene rings is 2. The molecule has 0 radical (unpaired) electrons. The first-order valence-electron chi connectivity index (χ1n) is 11.1. The number of aromatic nitrogens is 2. The van der Waals surface area contributed by atoms with Gasteiger partial charge in [-0.25, -0.2) is 9.48 Å². The Balaban J connectivity index is 1.67. The fraction of sp³-hybridized carbons (Fsp3) is 0.292. The van der Waals surface area contributed by atoms with Crippen molar-refractivity contribution >= 4 is 17.7 Å². The van der Waals surface area contributed by atoms with Gasteiger partial charge in [0, 0.05) is 13.1 Å². The number of carboxylic acid groups (broad SMARTS) is 1. The molecular formula is C24H20F6N4O4. The van der Waals surface area contributed by atoms with E-state index in [0.717, 1.165) is 16.8 Å². The van der Waals surface area contributed by atoms with Crippen LogP contribution >= 0.6 is 0 Å². The number of aliphatic hydroxyl groups excluding tert-OH is 1. The van der Waals surface area contributed by atoms with Crippen molar-refractivity contribution in [1.82, 2.24) is 15.1 Å². The topological polar surface area (TPSA) is 108 Å². The molecule has 1 aliphatic heterocycles. The average molecular weight is 542 g/mol. The van der Waals surface area contributed by atoms with Crippen LogP contribution in [0.25, 0.3) is 0 Å². The van der Waals surface area contributed by atoms with Crippen LogP contribution in [0.2, 0.25) is 0 Å². The number of anilines is 1. The summed E-state index contributed by atoms with van der Waals surface area (Å²) in [6.07, 6.45) is -9.64. The molecule has 1 aromatic heterocycles. The van der Waals surface area contributed by atoms with Gasteiger partial charge >= 0.3 is 18.3 Å². The number of aliphatic hydroxyl groups is 1. The number of rotatable bonds is 7. The lowest BCUT2D eigenvalue weighted by molar-refractivity contribution is -0.142. The summed E-state index contributed by atoms with van der Waals surface area (Å²) in [7, 11) is 0. The molecule has 0 bridgehead atoms.